The monoisotopic (exact) mass is 460 g/mol. The van der Waals surface area contributed by atoms with Gasteiger partial charge in [-0.1, -0.05) is 49.2 Å². The first-order valence-corrected chi connectivity index (χ1v) is 10.4. The summed E-state index contributed by atoms with van der Waals surface area (Å²) in [5, 5.41) is 19.7. The van der Waals surface area contributed by atoms with Crippen molar-refractivity contribution in [2.45, 2.75) is 31.2 Å². The number of ether oxygens (including phenoxy) is 3. The Balaban J connectivity index is 1.77. The van der Waals surface area contributed by atoms with Crippen molar-refractivity contribution in [2.24, 2.45) is 0 Å². The van der Waals surface area contributed by atoms with Crippen molar-refractivity contribution in [3.8, 4) is 11.5 Å². The summed E-state index contributed by atoms with van der Waals surface area (Å²) in [6, 6.07) is 11.4. The Hall–Kier alpha value is -1.21. The first kappa shape index (κ1) is 22.5. The second-order valence-electron chi connectivity index (χ2n) is 7.59. The third-order valence-electron chi connectivity index (χ3n) is 4.80. The van der Waals surface area contributed by atoms with Gasteiger partial charge in [-0.25, -0.2) is 0 Å². The fourth-order valence-electron chi connectivity index (χ4n) is 2.77. The van der Waals surface area contributed by atoms with Crippen LogP contribution in [0.2, 0.25) is 10.0 Å². The second kappa shape index (κ2) is 8.88. The van der Waals surface area contributed by atoms with E-state index in [2.05, 4.69) is 13.8 Å². The maximum absolute atomic E-state index is 9.59. The molecule has 5 nitrogen and oxygen atoms in total. The van der Waals surface area contributed by atoms with Gasteiger partial charge >= 0.3 is 0 Å². The molecule has 0 unspecified atom stereocenters. The lowest BCUT2D eigenvalue weighted by Gasteiger charge is -2.28. The van der Waals surface area contributed by atoms with E-state index in [9.17, 15) is 10.2 Å². The fraction of sp³-hybridized carbons (Fsp3) is 0.429. The van der Waals surface area contributed by atoms with E-state index in [0.717, 1.165) is 23.5 Å². The number of halogens is 3. The average molecular weight is 462 g/mol. The molecule has 1 aliphatic heterocycles. The van der Waals surface area contributed by atoms with Crippen LogP contribution in [0, 0.1) is 0 Å². The highest BCUT2D eigenvalue weighted by Crippen LogP contribution is 2.41. The van der Waals surface area contributed by atoms with Crippen molar-refractivity contribution >= 4 is 34.8 Å². The minimum absolute atomic E-state index is 0.177. The van der Waals surface area contributed by atoms with Gasteiger partial charge in [-0.3, -0.25) is 0 Å². The molecule has 2 aromatic rings. The van der Waals surface area contributed by atoms with Crippen LogP contribution in [0.5, 0.6) is 11.5 Å². The highest BCUT2D eigenvalue weighted by atomic mass is 35.5. The van der Waals surface area contributed by atoms with Gasteiger partial charge in [0.1, 0.15) is 25.1 Å². The molecule has 0 bridgehead atoms. The molecule has 0 aliphatic carbocycles. The van der Waals surface area contributed by atoms with Crippen LogP contribution in [0.25, 0.3) is 0 Å². The predicted octanol–water partition coefficient (Wildman–Crippen LogP) is 4.40. The quantitative estimate of drug-likeness (QED) is 0.329. The minimum Gasteiger partial charge on any atom is -0.491 e. The Morgan fingerprint density at radius 3 is 2.14 bits per heavy atom. The molecule has 0 saturated carbocycles. The zero-order chi connectivity index (χ0) is 21.2. The van der Waals surface area contributed by atoms with E-state index in [-0.39, 0.29) is 21.9 Å². The number of hydrogen-bond acceptors (Lipinski definition) is 5. The third kappa shape index (κ3) is 5.69. The molecule has 3 rings (SSSR count). The molecule has 2 N–H and O–H groups in total. The molecule has 1 heterocycles. The van der Waals surface area contributed by atoms with Gasteiger partial charge in [-0.05, 0) is 35.4 Å². The van der Waals surface area contributed by atoms with Crippen LogP contribution >= 0.6 is 34.8 Å². The van der Waals surface area contributed by atoms with Crippen LogP contribution in [-0.2, 0) is 10.2 Å². The van der Waals surface area contributed by atoms with E-state index in [1.54, 1.807) is 12.1 Å². The van der Waals surface area contributed by atoms with E-state index in [0.29, 0.717) is 6.61 Å². The van der Waals surface area contributed by atoms with E-state index < -0.39 is 23.7 Å². The largest absolute Gasteiger partial charge is 0.491 e. The number of aliphatic hydroxyl groups is 2. The lowest BCUT2D eigenvalue weighted by atomic mass is 9.78. The maximum Gasteiger partial charge on any atom is 0.211 e. The SMILES string of the molecule is CC(C)(c1ccc(OC[C@H]2CO2)cc1)c1cc(Cl)c(OCC(O)(O)CCl)c(Cl)c1. The normalized spacial score (nSPS) is 16.6. The van der Waals surface area contributed by atoms with Crippen molar-refractivity contribution < 1.29 is 24.4 Å². The van der Waals surface area contributed by atoms with Crippen molar-refractivity contribution in [3.63, 3.8) is 0 Å². The van der Waals surface area contributed by atoms with Crippen LogP contribution in [0.1, 0.15) is 25.0 Å². The number of epoxide rings is 1. The molecule has 1 aliphatic rings. The Labute approximate surface area is 185 Å². The summed E-state index contributed by atoms with van der Waals surface area (Å²) in [5.74, 6) is -1.60. The van der Waals surface area contributed by atoms with Gasteiger partial charge < -0.3 is 24.4 Å². The summed E-state index contributed by atoms with van der Waals surface area (Å²) in [7, 11) is 0. The lowest BCUT2D eigenvalue weighted by molar-refractivity contribution is -0.162. The zero-order valence-electron chi connectivity index (χ0n) is 16.1. The Morgan fingerprint density at radius 2 is 1.62 bits per heavy atom. The first-order valence-electron chi connectivity index (χ1n) is 9.10. The molecule has 1 saturated heterocycles. The highest BCUT2D eigenvalue weighted by molar-refractivity contribution is 6.37. The molecule has 1 atom stereocenters. The van der Waals surface area contributed by atoms with Gasteiger partial charge in [0.05, 0.1) is 22.5 Å². The molecular formula is C21H23Cl3O5. The van der Waals surface area contributed by atoms with E-state index in [4.69, 9.17) is 49.0 Å². The summed E-state index contributed by atoms with van der Waals surface area (Å²) < 4.78 is 16.2. The van der Waals surface area contributed by atoms with Crippen molar-refractivity contribution in [1.82, 2.24) is 0 Å². The van der Waals surface area contributed by atoms with Gasteiger partial charge in [-0.15, -0.1) is 11.6 Å². The molecule has 1 fully saturated rings. The molecule has 0 aromatic heterocycles. The lowest BCUT2D eigenvalue weighted by Crippen LogP contribution is -2.37. The van der Waals surface area contributed by atoms with Crippen LogP contribution in [0.15, 0.2) is 36.4 Å². The Kier molecular flexibility index (Phi) is 6.88. The van der Waals surface area contributed by atoms with Crippen molar-refractivity contribution in [2.75, 3.05) is 25.7 Å². The Bertz CT molecular complexity index is 825. The molecular weight excluding hydrogens is 439 g/mol. The summed E-state index contributed by atoms with van der Waals surface area (Å²) in [6.07, 6.45) is 0.211. The molecule has 0 radical (unpaired) electrons. The smallest absolute Gasteiger partial charge is 0.211 e. The summed E-state index contributed by atoms with van der Waals surface area (Å²) in [6.45, 7) is 4.98. The van der Waals surface area contributed by atoms with Crippen LogP contribution in [0.3, 0.4) is 0 Å². The van der Waals surface area contributed by atoms with Crippen molar-refractivity contribution in [1.29, 1.82) is 0 Å². The number of hydrogen-bond donors (Lipinski definition) is 2. The topological polar surface area (TPSA) is 71.5 Å². The van der Waals surface area contributed by atoms with Gasteiger partial charge in [0, 0.05) is 5.41 Å². The third-order valence-corrected chi connectivity index (χ3v) is 5.79. The summed E-state index contributed by atoms with van der Waals surface area (Å²) in [4.78, 5) is 0. The molecule has 0 amide bonds. The minimum atomic E-state index is -2.17. The average Bonchev–Trinajstić information content (AvgIpc) is 3.50. The summed E-state index contributed by atoms with van der Waals surface area (Å²) >= 11 is 18.2. The van der Waals surface area contributed by atoms with Gasteiger partial charge in [-0.2, -0.15) is 0 Å². The van der Waals surface area contributed by atoms with Crippen LogP contribution < -0.4 is 9.47 Å². The first-order chi connectivity index (χ1) is 13.6. The molecule has 2 aromatic carbocycles. The Morgan fingerprint density at radius 1 is 1.03 bits per heavy atom. The van der Waals surface area contributed by atoms with Gasteiger partial charge in [0.25, 0.3) is 0 Å². The molecule has 29 heavy (non-hydrogen) atoms. The molecule has 158 valence electrons. The van der Waals surface area contributed by atoms with Crippen LogP contribution in [0.4, 0.5) is 0 Å². The number of alkyl halides is 1. The fourth-order valence-corrected chi connectivity index (χ4v) is 3.45. The number of benzene rings is 2. The highest BCUT2D eigenvalue weighted by Gasteiger charge is 2.28. The molecule has 8 heteroatoms. The summed E-state index contributed by atoms with van der Waals surface area (Å²) in [5.41, 5.74) is 1.55. The van der Waals surface area contributed by atoms with Gasteiger partial charge in [0.15, 0.2) is 5.75 Å². The van der Waals surface area contributed by atoms with E-state index in [1.807, 2.05) is 24.3 Å². The van der Waals surface area contributed by atoms with Crippen molar-refractivity contribution in [3.05, 3.63) is 57.6 Å². The standard InChI is InChI=1S/C21H23Cl3O5/c1-20(2,13-3-5-15(6-4-13)27-9-16-10-28-16)14-7-17(23)19(18(24)8-14)29-12-21(25,26)11-22/h3-8,16,25-26H,9-12H2,1-2H3/t16-/m0/s1. The molecule has 0 spiro atoms. The zero-order valence-corrected chi connectivity index (χ0v) is 18.4. The van der Waals surface area contributed by atoms with Crippen LogP contribution in [-0.4, -0.2) is 47.8 Å². The van der Waals surface area contributed by atoms with E-state index in [1.165, 1.54) is 0 Å². The predicted molar refractivity (Wildman–Crippen MR) is 114 cm³/mol. The second-order valence-corrected chi connectivity index (χ2v) is 8.67. The maximum atomic E-state index is 9.59. The van der Waals surface area contributed by atoms with E-state index >= 15 is 0 Å². The number of rotatable bonds is 9. The van der Waals surface area contributed by atoms with Gasteiger partial charge in [0.2, 0.25) is 5.79 Å².